The lowest BCUT2D eigenvalue weighted by molar-refractivity contribution is 0.299. The van der Waals surface area contributed by atoms with Crippen molar-refractivity contribution in [1.29, 1.82) is 0 Å². The van der Waals surface area contributed by atoms with Crippen molar-refractivity contribution in [3.05, 3.63) is 11.9 Å². The van der Waals surface area contributed by atoms with Gasteiger partial charge in [-0.2, -0.15) is 16.9 Å². The van der Waals surface area contributed by atoms with E-state index in [1.807, 2.05) is 29.6 Å². The molecule has 0 spiro atoms. The molecule has 1 aromatic heterocycles. The van der Waals surface area contributed by atoms with Crippen LogP contribution in [-0.2, 0) is 0 Å². The predicted molar refractivity (Wildman–Crippen MR) is 57.0 cm³/mol. The fourth-order valence-corrected chi connectivity index (χ4v) is 2.46. The SMILES string of the molecule is CS[C@H]1C[C@@H](n2cc(N)c(C)n2)C1. The van der Waals surface area contributed by atoms with Gasteiger partial charge in [0.05, 0.1) is 17.4 Å². The van der Waals surface area contributed by atoms with E-state index < -0.39 is 0 Å². The van der Waals surface area contributed by atoms with Crippen molar-refractivity contribution in [2.45, 2.75) is 31.1 Å². The standard InChI is InChI=1S/C9H15N3S/c1-6-9(10)5-12(11-6)7-3-8(4-7)13-2/h5,7-8H,3-4,10H2,1-2H3/t7-,8+. The molecule has 0 aliphatic heterocycles. The van der Waals surface area contributed by atoms with E-state index in [1.54, 1.807) is 0 Å². The molecule has 13 heavy (non-hydrogen) atoms. The van der Waals surface area contributed by atoms with E-state index in [-0.39, 0.29) is 0 Å². The monoisotopic (exact) mass is 197 g/mol. The fraction of sp³-hybridized carbons (Fsp3) is 0.667. The molecule has 0 amide bonds. The number of nitrogens with two attached hydrogens (primary N) is 1. The molecular weight excluding hydrogens is 182 g/mol. The molecule has 3 nitrogen and oxygen atoms in total. The summed E-state index contributed by atoms with van der Waals surface area (Å²) in [4.78, 5) is 0. The third-order valence-electron chi connectivity index (χ3n) is 2.73. The van der Waals surface area contributed by atoms with Crippen LogP contribution in [0.3, 0.4) is 0 Å². The average molecular weight is 197 g/mol. The minimum atomic E-state index is 0.591. The maximum Gasteiger partial charge on any atom is 0.0823 e. The summed E-state index contributed by atoms with van der Waals surface area (Å²) in [6.07, 6.45) is 6.60. The van der Waals surface area contributed by atoms with Crippen molar-refractivity contribution in [3.8, 4) is 0 Å². The number of hydrogen-bond acceptors (Lipinski definition) is 3. The number of aryl methyl sites for hydroxylation is 1. The summed E-state index contributed by atoms with van der Waals surface area (Å²) in [5.74, 6) is 0. The Balaban J connectivity index is 2.03. The molecule has 4 heteroatoms. The molecule has 0 bridgehead atoms. The van der Waals surface area contributed by atoms with E-state index >= 15 is 0 Å². The largest absolute Gasteiger partial charge is 0.396 e. The zero-order chi connectivity index (χ0) is 9.42. The van der Waals surface area contributed by atoms with Crippen molar-refractivity contribution < 1.29 is 0 Å². The molecule has 0 saturated heterocycles. The Hall–Kier alpha value is -0.640. The molecular formula is C9H15N3S. The van der Waals surface area contributed by atoms with E-state index in [4.69, 9.17) is 5.73 Å². The predicted octanol–water partition coefficient (Wildman–Crippen LogP) is 1.84. The Morgan fingerprint density at radius 3 is 2.77 bits per heavy atom. The van der Waals surface area contributed by atoms with Crippen molar-refractivity contribution in [2.75, 3.05) is 12.0 Å². The lowest BCUT2D eigenvalue weighted by Gasteiger charge is -2.34. The van der Waals surface area contributed by atoms with Crippen LogP contribution >= 0.6 is 11.8 Å². The van der Waals surface area contributed by atoms with Crippen molar-refractivity contribution in [3.63, 3.8) is 0 Å². The summed E-state index contributed by atoms with van der Waals surface area (Å²) >= 11 is 1.95. The molecule has 1 fully saturated rings. The highest BCUT2D eigenvalue weighted by molar-refractivity contribution is 7.99. The Morgan fingerprint density at radius 2 is 2.31 bits per heavy atom. The lowest BCUT2D eigenvalue weighted by Crippen LogP contribution is -2.28. The van der Waals surface area contributed by atoms with E-state index in [0.717, 1.165) is 16.6 Å². The first-order valence-corrected chi connectivity index (χ1v) is 5.83. The second-order valence-electron chi connectivity index (χ2n) is 3.63. The topological polar surface area (TPSA) is 43.8 Å². The highest BCUT2D eigenvalue weighted by Crippen LogP contribution is 2.39. The van der Waals surface area contributed by atoms with Crippen LogP contribution in [0.1, 0.15) is 24.6 Å². The van der Waals surface area contributed by atoms with Gasteiger partial charge in [-0.25, -0.2) is 0 Å². The molecule has 1 aromatic rings. The first kappa shape index (κ1) is 8.94. The van der Waals surface area contributed by atoms with Crippen LogP contribution < -0.4 is 5.73 Å². The zero-order valence-corrected chi connectivity index (χ0v) is 8.84. The molecule has 0 atom stereocenters. The molecule has 72 valence electrons. The van der Waals surface area contributed by atoms with Gasteiger partial charge in [0.25, 0.3) is 0 Å². The average Bonchev–Trinajstić information content (AvgIpc) is 2.30. The molecule has 1 aliphatic rings. The number of nitrogen functional groups attached to an aromatic ring is 1. The van der Waals surface area contributed by atoms with Crippen LogP contribution in [0.2, 0.25) is 0 Å². The van der Waals surface area contributed by atoms with Gasteiger partial charge in [0.2, 0.25) is 0 Å². The zero-order valence-electron chi connectivity index (χ0n) is 8.03. The maximum absolute atomic E-state index is 5.74. The summed E-state index contributed by atoms with van der Waals surface area (Å²) in [6.45, 7) is 1.95. The van der Waals surface area contributed by atoms with Gasteiger partial charge in [-0.05, 0) is 26.0 Å². The third kappa shape index (κ3) is 1.55. The van der Waals surface area contributed by atoms with Crippen molar-refractivity contribution >= 4 is 17.4 Å². The van der Waals surface area contributed by atoms with E-state index in [2.05, 4.69) is 11.4 Å². The lowest BCUT2D eigenvalue weighted by atomic mass is 9.92. The summed E-state index contributed by atoms with van der Waals surface area (Å²) < 4.78 is 2.03. The van der Waals surface area contributed by atoms with Crippen LogP contribution in [0.15, 0.2) is 6.20 Å². The summed E-state index contributed by atoms with van der Waals surface area (Å²) in [5, 5.41) is 5.21. The van der Waals surface area contributed by atoms with Crippen LogP contribution in [-0.4, -0.2) is 21.3 Å². The summed E-state index contributed by atoms with van der Waals surface area (Å²) in [6, 6.07) is 0.591. The first-order valence-electron chi connectivity index (χ1n) is 4.54. The second-order valence-corrected chi connectivity index (χ2v) is 4.77. The molecule has 1 heterocycles. The van der Waals surface area contributed by atoms with E-state index in [1.165, 1.54) is 12.8 Å². The van der Waals surface area contributed by atoms with Crippen molar-refractivity contribution in [1.82, 2.24) is 9.78 Å². The Morgan fingerprint density at radius 1 is 1.62 bits per heavy atom. The smallest absolute Gasteiger partial charge is 0.0823 e. The molecule has 2 rings (SSSR count). The van der Waals surface area contributed by atoms with Gasteiger partial charge < -0.3 is 5.73 Å². The quantitative estimate of drug-likeness (QED) is 0.786. The number of anilines is 1. The van der Waals surface area contributed by atoms with Crippen LogP contribution in [0.5, 0.6) is 0 Å². The maximum atomic E-state index is 5.74. The minimum absolute atomic E-state index is 0.591. The van der Waals surface area contributed by atoms with E-state index in [0.29, 0.717) is 6.04 Å². The highest BCUT2D eigenvalue weighted by Gasteiger charge is 2.30. The molecule has 0 aromatic carbocycles. The van der Waals surface area contributed by atoms with Gasteiger partial charge in [-0.1, -0.05) is 0 Å². The van der Waals surface area contributed by atoms with Gasteiger partial charge in [0.1, 0.15) is 0 Å². The highest BCUT2D eigenvalue weighted by atomic mass is 32.2. The summed E-state index contributed by atoms with van der Waals surface area (Å²) in [5.41, 5.74) is 7.50. The number of hydrogen-bond donors (Lipinski definition) is 1. The minimum Gasteiger partial charge on any atom is -0.396 e. The molecule has 0 unspecified atom stereocenters. The van der Waals surface area contributed by atoms with Gasteiger partial charge in [-0.15, -0.1) is 0 Å². The molecule has 1 aliphatic carbocycles. The number of aromatic nitrogens is 2. The third-order valence-corrected chi connectivity index (χ3v) is 3.78. The molecule has 0 radical (unpaired) electrons. The Kier molecular flexibility index (Phi) is 2.24. The Labute approximate surface area is 82.7 Å². The first-order chi connectivity index (χ1) is 6.20. The van der Waals surface area contributed by atoms with Gasteiger partial charge in [-0.3, -0.25) is 4.68 Å². The fourth-order valence-electron chi connectivity index (χ4n) is 1.63. The normalized spacial score (nSPS) is 27.2. The number of thioether (sulfide) groups is 1. The van der Waals surface area contributed by atoms with Gasteiger partial charge in [0, 0.05) is 11.4 Å². The van der Waals surface area contributed by atoms with Gasteiger partial charge in [0.15, 0.2) is 0 Å². The van der Waals surface area contributed by atoms with Crippen LogP contribution in [0.4, 0.5) is 5.69 Å². The van der Waals surface area contributed by atoms with Gasteiger partial charge >= 0.3 is 0 Å². The van der Waals surface area contributed by atoms with Crippen LogP contribution in [0.25, 0.3) is 0 Å². The number of rotatable bonds is 2. The van der Waals surface area contributed by atoms with Crippen LogP contribution in [0, 0.1) is 6.92 Å². The summed E-state index contributed by atoms with van der Waals surface area (Å²) in [7, 11) is 0. The Bertz CT molecular complexity index is 282. The van der Waals surface area contributed by atoms with E-state index in [9.17, 15) is 0 Å². The molecule has 1 saturated carbocycles. The second kappa shape index (κ2) is 3.25. The number of nitrogens with zero attached hydrogens (tertiary/aromatic N) is 2. The van der Waals surface area contributed by atoms with Crippen molar-refractivity contribution in [2.24, 2.45) is 0 Å². The molecule has 2 N–H and O–H groups in total.